The van der Waals surface area contributed by atoms with Crippen molar-refractivity contribution in [3.8, 4) is 0 Å². The fourth-order valence-electron chi connectivity index (χ4n) is 0.967. The minimum atomic E-state index is -0.221. The largest absolute Gasteiger partial charge is 0.466 e. The number of rotatable bonds is 6. The van der Waals surface area contributed by atoms with E-state index in [0.717, 1.165) is 0 Å². The lowest BCUT2D eigenvalue weighted by atomic mass is 10.4. The number of hydrogen-bond acceptors (Lipinski definition) is 4. The van der Waals surface area contributed by atoms with E-state index in [2.05, 4.69) is 0 Å². The molecule has 0 radical (unpaired) electrons. The van der Waals surface area contributed by atoms with Crippen molar-refractivity contribution in [2.24, 2.45) is 0 Å². The number of amides is 1. The zero-order chi connectivity index (χ0) is 11.8. The van der Waals surface area contributed by atoms with Crippen LogP contribution < -0.4 is 0 Å². The van der Waals surface area contributed by atoms with E-state index in [1.807, 2.05) is 0 Å². The molecule has 0 atom stereocenters. The highest BCUT2D eigenvalue weighted by Crippen LogP contribution is 1.92. The molecule has 0 aliphatic carbocycles. The molecule has 0 N–H and O–H groups in total. The molecule has 0 unspecified atom stereocenters. The highest BCUT2D eigenvalue weighted by Gasteiger charge is 2.10. The summed E-state index contributed by atoms with van der Waals surface area (Å²) in [6.07, 6.45) is 0.324. The second-order valence-electron chi connectivity index (χ2n) is 3.58. The van der Waals surface area contributed by atoms with Crippen molar-refractivity contribution in [2.45, 2.75) is 13.3 Å². The fraction of sp³-hybridized carbons (Fsp3) is 0.800. The van der Waals surface area contributed by atoms with Crippen molar-refractivity contribution in [2.75, 3.05) is 40.8 Å². The second kappa shape index (κ2) is 7.23. The third-order valence-corrected chi connectivity index (χ3v) is 1.91. The van der Waals surface area contributed by atoms with Gasteiger partial charge in [0.25, 0.3) is 0 Å². The lowest BCUT2D eigenvalue weighted by Gasteiger charge is -2.18. The van der Waals surface area contributed by atoms with Gasteiger partial charge in [0.2, 0.25) is 5.91 Å². The first-order valence-corrected chi connectivity index (χ1v) is 5.01. The zero-order valence-corrected chi connectivity index (χ0v) is 9.95. The summed E-state index contributed by atoms with van der Waals surface area (Å²) in [5, 5.41) is 0. The topological polar surface area (TPSA) is 49.9 Å². The van der Waals surface area contributed by atoms with Gasteiger partial charge < -0.3 is 9.64 Å². The Morgan fingerprint density at radius 1 is 1.20 bits per heavy atom. The number of hydrogen-bond donors (Lipinski definition) is 0. The number of carbonyl (C=O) groups is 2. The molecule has 0 fully saturated rings. The Morgan fingerprint density at radius 3 is 2.27 bits per heavy atom. The molecule has 0 aliphatic heterocycles. The minimum absolute atomic E-state index is 0.0290. The predicted molar refractivity (Wildman–Crippen MR) is 57.4 cm³/mol. The normalized spacial score (nSPS) is 10.2. The first-order valence-electron chi connectivity index (χ1n) is 5.01. The molecule has 0 aromatic carbocycles. The van der Waals surface area contributed by atoms with Crippen LogP contribution in [0.15, 0.2) is 0 Å². The zero-order valence-electron chi connectivity index (χ0n) is 9.95. The van der Waals surface area contributed by atoms with Crippen LogP contribution in [0.2, 0.25) is 0 Å². The Hall–Kier alpha value is -1.10. The molecule has 0 aliphatic rings. The standard InChI is InChI=1S/C10H20N2O3/c1-5-15-10(14)6-7-12(4)8-9(13)11(2)3/h5-8H2,1-4H3. The SMILES string of the molecule is CCOC(=O)CCN(C)CC(=O)N(C)C. The minimum Gasteiger partial charge on any atom is -0.466 e. The molecule has 0 rings (SSSR count). The van der Waals surface area contributed by atoms with Crippen molar-refractivity contribution < 1.29 is 14.3 Å². The summed E-state index contributed by atoms with van der Waals surface area (Å²) in [5.74, 6) is -0.192. The number of carbonyl (C=O) groups excluding carboxylic acids is 2. The van der Waals surface area contributed by atoms with Gasteiger partial charge in [-0.2, -0.15) is 0 Å². The first-order chi connectivity index (χ1) is 6.97. The molecule has 1 amide bonds. The maximum absolute atomic E-state index is 11.3. The maximum atomic E-state index is 11.3. The highest BCUT2D eigenvalue weighted by molar-refractivity contribution is 5.77. The van der Waals surface area contributed by atoms with E-state index in [1.165, 1.54) is 4.90 Å². The van der Waals surface area contributed by atoms with Crippen LogP contribution in [0.5, 0.6) is 0 Å². The van der Waals surface area contributed by atoms with Crippen LogP contribution in [-0.2, 0) is 14.3 Å². The number of esters is 1. The Morgan fingerprint density at radius 2 is 1.80 bits per heavy atom. The molecule has 15 heavy (non-hydrogen) atoms. The molecule has 0 bridgehead atoms. The average Bonchev–Trinajstić information content (AvgIpc) is 2.15. The fourth-order valence-corrected chi connectivity index (χ4v) is 0.967. The molecule has 0 saturated carbocycles. The summed E-state index contributed by atoms with van der Waals surface area (Å²) in [4.78, 5) is 25.6. The van der Waals surface area contributed by atoms with Gasteiger partial charge in [-0.3, -0.25) is 14.5 Å². The van der Waals surface area contributed by atoms with E-state index >= 15 is 0 Å². The third kappa shape index (κ3) is 6.90. The summed E-state index contributed by atoms with van der Waals surface area (Å²) in [5.41, 5.74) is 0. The Bertz CT molecular complexity index is 217. The Kier molecular flexibility index (Phi) is 6.70. The van der Waals surface area contributed by atoms with Crippen molar-refractivity contribution in [1.29, 1.82) is 0 Å². The van der Waals surface area contributed by atoms with Gasteiger partial charge in [0.15, 0.2) is 0 Å². The molecule has 0 aromatic rings. The maximum Gasteiger partial charge on any atom is 0.307 e. The van der Waals surface area contributed by atoms with Gasteiger partial charge >= 0.3 is 5.97 Å². The molecule has 5 heteroatoms. The van der Waals surface area contributed by atoms with Crippen LogP contribution in [0.1, 0.15) is 13.3 Å². The Labute approximate surface area is 91.0 Å². The first kappa shape index (κ1) is 13.9. The van der Waals surface area contributed by atoms with Gasteiger partial charge in [-0.1, -0.05) is 0 Å². The van der Waals surface area contributed by atoms with Gasteiger partial charge in [0, 0.05) is 20.6 Å². The van der Waals surface area contributed by atoms with Crippen molar-refractivity contribution in [3.63, 3.8) is 0 Å². The summed E-state index contributed by atoms with van der Waals surface area (Å²) >= 11 is 0. The molecular weight excluding hydrogens is 196 g/mol. The van der Waals surface area contributed by atoms with Crippen molar-refractivity contribution in [3.05, 3.63) is 0 Å². The third-order valence-electron chi connectivity index (χ3n) is 1.91. The van der Waals surface area contributed by atoms with Gasteiger partial charge in [-0.05, 0) is 14.0 Å². The van der Waals surface area contributed by atoms with Crippen LogP contribution in [-0.4, -0.2) is 62.5 Å². The lowest BCUT2D eigenvalue weighted by molar-refractivity contribution is -0.143. The quantitative estimate of drug-likeness (QED) is 0.585. The summed E-state index contributed by atoms with van der Waals surface area (Å²) in [6, 6.07) is 0. The van der Waals surface area contributed by atoms with Crippen LogP contribution >= 0.6 is 0 Å². The molecule has 88 valence electrons. The van der Waals surface area contributed by atoms with Crippen molar-refractivity contribution >= 4 is 11.9 Å². The second-order valence-corrected chi connectivity index (χ2v) is 3.58. The van der Waals surface area contributed by atoms with E-state index in [-0.39, 0.29) is 11.9 Å². The monoisotopic (exact) mass is 216 g/mol. The number of nitrogens with zero attached hydrogens (tertiary/aromatic N) is 2. The van der Waals surface area contributed by atoms with Crippen LogP contribution in [0.25, 0.3) is 0 Å². The van der Waals surface area contributed by atoms with Gasteiger partial charge in [0.1, 0.15) is 0 Å². The predicted octanol–water partition coefficient (Wildman–Crippen LogP) is -0.0404. The number of ether oxygens (including phenoxy) is 1. The lowest BCUT2D eigenvalue weighted by Crippen LogP contribution is -2.35. The summed E-state index contributed by atoms with van der Waals surface area (Å²) in [7, 11) is 5.23. The molecule has 0 aromatic heterocycles. The van der Waals surface area contributed by atoms with E-state index in [9.17, 15) is 9.59 Å². The smallest absolute Gasteiger partial charge is 0.307 e. The Balaban J connectivity index is 3.70. The molecule has 5 nitrogen and oxygen atoms in total. The van der Waals surface area contributed by atoms with E-state index in [4.69, 9.17) is 4.74 Å². The number of likely N-dealkylation sites (N-methyl/N-ethyl adjacent to an activating group) is 2. The van der Waals surface area contributed by atoms with E-state index in [0.29, 0.717) is 26.1 Å². The molecule has 0 saturated heterocycles. The van der Waals surface area contributed by atoms with Crippen molar-refractivity contribution in [1.82, 2.24) is 9.80 Å². The molecule has 0 heterocycles. The van der Waals surface area contributed by atoms with Gasteiger partial charge in [0.05, 0.1) is 19.6 Å². The van der Waals surface area contributed by atoms with Gasteiger partial charge in [-0.15, -0.1) is 0 Å². The highest BCUT2D eigenvalue weighted by atomic mass is 16.5. The summed E-state index contributed by atoms with van der Waals surface area (Å²) < 4.78 is 4.78. The van der Waals surface area contributed by atoms with E-state index in [1.54, 1.807) is 33.0 Å². The molecule has 0 spiro atoms. The van der Waals surface area contributed by atoms with E-state index < -0.39 is 0 Å². The van der Waals surface area contributed by atoms with Crippen LogP contribution in [0.4, 0.5) is 0 Å². The summed E-state index contributed by atoms with van der Waals surface area (Å²) in [6.45, 7) is 3.04. The molecular formula is C10H20N2O3. The van der Waals surface area contributed by atoms with Crippen LogP contribution in [0.3, 0.4) is 0 Å². The van der Waals surface area contributed by atoms with Gasteiger partial charge in [-0.25, -0.2) is 0 Å². The van der Waals surface area contributed by atoms with Crippen LogP contribution in [0, 0.1) is 0 Å². The average molecular weight is 216 g/mol.